The van der Waals surface area contributed by atoms with E-state index in [1.807, 2.05) is 13.8 Å². The van der Waals surface area contributed by atoms with Crippen LogP contribution in [0.25, 0.3) is 0 Å². The number of nitrogens with zero attached hydrogens (tertiary/aromatic N) is 3. The largest absolute Gasteiger partial charge is 0.358 e. The highest BCUT2D eigenvalue weighted by molar-refractivity contribution is 6.30. The van der Waals surface area contributed by atoms with Gasteiger partial charge >= 0.3 is 0 Å². The number of likely N-dealkylation sites (tertiary alicyclic amines) is 1. The summed E-state index contributed by atoms with van der Waals surface area (Å²) < 4.78 is 0. The topological polar surface area (TPSA) is 58.1 Å². The molecule has 2 rings (SSSR count). The Balaban J connectivity index is 2.23. The Bertz CT molecular complexity index is 477. The van der Waals surface area contributed by atoms with E-state index in [2.05, 4.69) is 15.3 Å². The highest BCUT2D eigenvalue weighted by atomic mass is 35.5. The van der Waals surface area contributed by atoms with Crippen molar-refractivity contribution >= 4 is 23.3 Å². The lowest BCUT2D eigenvalue weighted by molar-refractivity contribution is -0.127. The minimum atomic E-state index is -0.204. The summed E-state index contributed by atoms with van der Waals surface area (Å²) in [4.78, 5) is 22.1. The van der Waals surface area contributed by atoms with Gasteiger partial charge in [0.05, 0.1) is 0 Å². The standard InChI is InChI=1S/C12H17ClN4O/c1-4-9-15-10(13)7(2)11(16-9)14-8-5-6-17(3)12(8)18/h8H,4-6H2,1-3H3,(H,14,15,16). The van der Waals surface area contributed by atoms with Gasteiger partial charge in [0.1, 0.15) is 22.8 Å². The number of likely N-dealkylation sites (N-methyl/N-ethyl adjacent to an activating group) is 1. The molecule has 98 valence electrons. The summed E-state index contributed by atoms with van der Waals surface area (Å²) in [7, 11) is 1.81. The number of anilines is 1. The molecule has 1 aliphatic rings. The molecule has 2 heterocycles. The van der Waals surface area contributed by atoms with E-state index < -0.39 is 0 Å². The molecule has 6 heteroatoms. The van der Waals surface area contributed by atoms with E-state index >= 15 is 0 Å². The number of carbonyl (C=O) groups excluding carboxylic acids is 1. The molecule has 0 aliphatic carbocycles. The molecule has 1 aromatic heterocycles. The Morgan fingerprint density at radius 1 is 1.50 bits per heavy atom. The number of aromatic nitrogens is 2. The van der Waals surface area contributed by atoms with E-state index in [4.69, 9.17) is 11.6 Å². The van der Waals surface area contributed by atoms with Crippen molar-refractivity contribution in [1.29, 1.82) is 0 Å². The smallest absolute Gasteiger partial charge is 0.244 e. The van der Waals surface area contributed by atoms with Crippen LogP contribution in [0.2, 0.25) is 5.15 Å². The van der Waals surface area contributed by atoms with E-state index in [0.717, 1.165) is 18.5 Å². The second-order valence-electron chi connectivity index (χ2n) is 4.50. The van der Waals surface area contributed by atoms with Crippen LogP contribution in [0.4, 0.5) is 5.82 Å². The quantitative estimate of drug-likeness (QED) is 0.847. The van der Waals surface area contributed by atoms with Gasteiger partial charge in [-0.05, 0) is 13.3 Å². The number of aryl methyl sites for hydroxylation is 1. The first-order valence-corrected chi connectivity index (χ1v) is 6.45. The van der Waals surface area contributed by atoms with E-state index in [9.17, 15) is 4.79 Å². The zero-order valence-corrected chi connectivity index (χ0v) is 11.6. The maximum atomic E-state index is 11.8. The number of hydrogen-bond acceptors (Lipinski definition) is 4. The van der Waals surface area contributed by atoms with Gasteiger partial charge < -0.3 is 10.2 Å². The van der Waals surface area contributed by atoms with Crippen LogP contribution in [-0.4, -0.2) is 40.4 Å². The normalized spacial score (nSPS) is 19.4. The Hall–Kier alpha value is -1.36. The lowest BCUT2D eigenvalue weighted by Crippen LogP contribution is -2.31. The van der Waals surface area contributed by atoms with Gasteiger partial charge in [0.2, 0.25) is 5.91 Å². The molecule has 5 nitrogen and oxygen atoms in total. The van der Waals surface area contributed by atoms with Crippen molar-refractivity contribution in [3.8, 4) is 0 Å². The van der Waals surface area contributed by atoms with Gasteiger partial charge in [0.25, 0.3) is 0 Å². The van der Waals surface area contributed by atoms with Crippen molar-refractivity contribution in [1.82, 2.24) is 14.9 Å². The molecule has 1 aliphatic heterocycles. The van der Waals surface area contributed by atoms with Crippen LogP contribution in [0.3, 0.4) is 0 Å². The summed E-state index contributed by atoms with van der Waals surface area (Å²) in [6, 6.07) is -0.204. The number of nitrogens with one attached hydrogen (secondary N) is 1. The molecular formula is C12H17ClN4O. The molecule has 1 fully saturated rings. The molecular weight excluding hydrogens is 252 g/mol. The first kappa shape index (κ1) is 13.1. The van der Waals surface area contributed by atoms with Crippen LogP contribution in [0.15, 0.2) is 0 Å². The molecule has 0 radical (unpaired) electrons. The second kappa shape index (κ2) is 5.10. The molecule has 1 unspecified atom stereocenters. The van der Waals surface area contributed by atoms with Gasteiger partial charge in [-0.2, -0.15) is 0 Å². The fraction of sp³-hybridized carbons (Fsp3) is 0.583. The fourth-order valence-corrected chi connectivity index (χ4v) is 2.14. The summed E-state index contributed by atoms with van der Waals surface area (Å²) in [5.41, 5.74) is 0.788. The van der Waals surface area contributed by atoms with Crippen molar-refractivity contribution < 1.29 is 4.79 Å². The molecule has 1 N–H and O–H groups in total. The number of carbonyl (C=O) groups is 1. The van der Waals surface area contributed by atoms with E-state index in [1.54, 1.807) is 11.9 Å². The summed E-state index contributed by atoms with van der Waals surface area (Å²) in [5.74, 6) is 1.45. The lowest BCUT2D eigenvalue weighted by Gasteiger charge is -2.15. The van der Waals surface area contributed by atoms with Crippen molar-refractivity contribution in [3.63, 3.8) is 0 Å². The molecule has 0 spiro atoms. The lowest BCUT2D eigenvalue weighted by atomic mass is 10.2. The van der Waals surface area contributed by atoms with Gasteiger partial charge in [-0.15, -0.1) is 0 Å². The van der Waals surface area contributed by atoms with Crippen LogP contribution in [0.1, 0.15) is 24.7 Å². The van der Waals surface area contributed by atoms with Crippen LogP contribution in [0.5, 0.6) is 0 Å². The monoisotopic (exact) mass is 268 g/mol. The average molecular weight is 269 g/mol. The van der Waals surface area contributed by atoms with Gasteiger partial charge in [-0.25, -0.2) is 9.97 Å². The first-order chi connectivity index (χ1) is 8.52. The van der Waals surface area contributed by atoms with Crippen LogP contribution in [0, 0.1) is 6.92 Å². The summed E-state index contributed by atoms with van der Waals surface area (Å²) in [6.07, 6.45) is 1.51. The molecule has 1 atom stereocenters. The second-order valence-corrected chi connectivity index (χ2v) is 4.86. The summed E-state index contributed by atoms with van der Waals surface area (Å²) >= 11 is 6.06. The van der Waals surface area contributed by atoms with E-state index in [0.29, 0.717) is 23.2 Å². The predicted molar refractivity (Wildman–Crippen MR) is 70.8 cm³/mol. The number of rotatable bonds is 3. The van der Waals surface area contributed by atoms with Gasteiger partial charge in [0.15, 0.2) is 0 Å². The summed E-state index contributed by atoms with van der Waals surface area (Å²) in [6.45, 7) is 4.60. The van der Waals surface area contributed by atoms with E-state index in [-0.39, 0.29) is 11.9 Å². The third kappa shape index (κ3) is 2.41. The van der Waals surface area contributed by atoms with Crippen molar-refractivity contribution in [2.75, 3.05) is 18.9 Å². The van der Waals surface area contributed by atoms with Crippen molar-refractivity contribution in [2.24, 2.45) is 0 Å². The van der Waals surface area contributed by atoms with Crippen LogP contribution < -0.4 is 5.32 Å². The highest BCUT2D eigenvalue weighted by Crippen LogP contribution is 2.22. The SMILES string of the molecule is CCc1nc(Cl)c(C)c(NC2CCN(C)C2=O)n1. The minimum absolute atomic E-state index is 0.0992. The third-order valence-electron chi connectivity index (χ3n) is 3.19. The van der Waals surface area contributed by atoms with Crippen LogP contribution >= 0.6 is 11.6 Å². The number of amides is 1. The number of halogens is 1. The molecule has 1 amide bonds. The minimum Gasteiger partial charge on any atom is -0.358 e. The Labute approximate surface area is 112 Å². The van der Waals surface area contributed by atoms with Gasteiger partial charge in [-0.3, -0.25) is 4.79 Å². The highest BCUT2D eigenvalue weighted by Gasteiger charge is 2.29. The van der Waals surface area contributed by atoms with Crippen molar-refractivity contribution in [2.45, 2.75) is 32.7 Å². The molecule has 1 saturated heterocycles. The van der Waals surface area contributed by atoms with E-state index in [1.165, 1.54) is 0 Å². The molecule has 0 bridgehead atoms. The summed E-state index contributed by atoms with van der Waals surface area (Å²) in [5, 5.41) is 3.63. The van der Waals surface area contributed by atoms with Gasteiger partial charge in [0, 0.05) is 25.6 Å². The van der Waals surface area contributed by atoms with Gasteiger partial charge in [-0.1, -0.05) is 18.5 Å². The predicted octanol–water partition coefficient (Wildman–Crippen LogP) is 1.64. The van der Waals surface area contributed by atoms with Crippen LogP contribution in [-0.2, 0) is 11.2 Å². The Kier molecular flexibility index (Phi) is 3.71. The van der Waals surface area contributed by atoms with Crippen molar-refractivity contribution in [3.05, 3.63) is 16.5 Å². The molecule has 0 saturated carbocycles. The molecule has 0 aromatic carbocycles. The number of hydrogen-bond donors (Lipinski definition) is 1. The maximum Gasteiger partial charge on any atom is 0.244 e. The zero-order valence-electron chi connectivity index (χ0n) is 10.8. The zero-order chi connectivity index (χ0) is 13.3. The fourth-order valence-electron chi connectivity index (χ4n) is 1.95. The Morgan fingerprint density at radius 2 is 2.22 bits per heavy atom. The molecule has 18 heavy (non-hydrogen) atoms. The third-order valence-corrected chi connectivity index (χ3v) is 3.56. The maximum absolute atomic E-state index is 11.8. The Morgan fingerprint density at radius 3 is 2.78 bits per heavy atom. The first-order valence-electron chi connectivity index (χ1n) is 6.07. The molecule has 1 aromatic rings. The average Bonchev–Trinajstić information content (AvgIpc) is 2.66.